The molecule has 0 radical (unpaired) electrons. The Morgan fingerprint density at radius 1 is 1.11 bits per heavy atom. The minimum atomic E-state index is 0.548. The molecule has 0 unspecified atom stereocenters. The number of ether oxygens (including phenoxy) is 1. The van der Waals surface area contributed by atoms with Crippen LogP contribution < -0.4 is 9.64 Å². The predicted molar refractivity (Wildman–Crippen MR) is 113 cm³/mol. The third-order valence-corrected chi connectivity index (χ3v) is 6.57. The van der Waals surface area contributed by atoms with Crippen molar-refractivity contribution in [3.8, 4) is 5.75 Å². The van der Waals surface area contributed by atoms with Gasteiger partial charge in [-0.2, -0.15) is 0 Å². The molecule has 0 aliphatic carbocycles. The summed E-state index contributed by atoms with van der Waals surface area (Å²) in [6.07, 6.45) is 2.30. The Balaban J connectivity index is 1.37. The zero-order valence-corrected chi connectivity index (χ0v) is 17.0. The van der Waals surface area contributed by atoms with Crippen LogP contribution in [0, 0.1) is 6.92 Å². The molecular weight excluding hydrogens is 376 g/mol. The number of hydrogen-bond donors (Lipinski definition) is 0. The summed E-state index contributed by atoms with van der Waals surface area (Å²) in [5, 5.41) is 1.95. The molecule has 1 fully saturated rings. The maximum absolute atomic E-state index is 6.03. The van der Waals surface area contributed by atoms with Crippen molar-refractivity contribution in [2.24, 2.45) is 0 Å². The molecule has 3 aromatic rings. The first-order valence-corrected chi connectivity index (χ1v) is 10.5. The van der Waals surface area contributed by atoms with Crippen LogP contribution in [0.4, 0.5) is 5.69 Å². The van der Waals surface area contributed by atoms with Gasteiger partial charge in [-0.3, -0.25) is 0 Å². The van der Waals surface area contributed by atoms with Crippen molar-refractivity contribution in [2.45, 2.75) is 32.3 Å². The Labute approximate surface area is 169 Å². The van der Waals surface area contributed by atoms with E-state index in [1.165, 1.54) is 15.6 Å². The maximum Gasteiger partial charge on any atom is 0.124 e. The molecule has 1 aliphatic heterocycles. The van der Waals surface area contributed by atoms with Crippen molar-refractivity contribution in [1.29, 1.82) is 0 Å². The molecule has 5 heteroatoms. The summed E-state index contributed by atoms with van der Waals surface area (Å²) in [7, 11) is 0. The van der Waals surface area contributed by atoms with Crippen molar-refractivity contribution in [3.63, 3.8) is 0 Å². The maximum atomic E-state index is 6.03. The summed E-state index contributed by atoms with van der Waals surface area (Å²) >= 11 is 7.82. The molecule has 0 bridgehead atoms. The van der Waals surface area contributed by atoms with Crippen LogP contribution in [0.15, 0.2) is 54.6 Å². The van der Waals surface area contributed by atoms with Crippen LogP contribution >= 0.6 is 22.9 Å². The fourth-order valence-corrected chi connectivity index (χ4v) is 4.82. The van der Waals surface area contributed by atoms with Crippen LogP contribution in [0.1, 0.15) is 34.3 Å². The van der Waals surface area contributed by atoms with Crippen molar-refractivity contribution in [2.75, 3.05) is 18.0 Å². The zero-order valence-electron chi connectivity index (χ0n) is 15.4. The average molecular weight is 399 g/mol. The van der Waals surface area contributed by atoms with Gasteiger partial charge in [0.15, 0.2) is 0 Å². The molecule has 0 spiro atoms. The molecule has 0 saturated carbocycles. The van der Waals surface area contributed by atoms with Gasteiger partial charge in [0.2, 0.25) is 0 Å². The summed E-state index contributed by atoms with van der Waals surface area (Å²) in [5.41, 5.74) is 2.41. The fourth-order valence-electron chi connectivity index (χ4n) is 3.49. The lowest BCUT2D eigenvalue weighted by atomic mass is 9.97. The molecule has 2 aromatic carbocycles. The van der Waals surface area contributed by atoms with Gasteiger partial charge in [-0.1, -0.05) is 35.9 Å². The lowest BCUT2D eigenvalue weighted by Gasteiger charge is -2.32. The molecule has 1 aliphatic rings. The SMILES string of the molecule is Cc1nc(C2CCN(c3ccccc3)CC2)sc1COc1cccc(Cl)c1. The minimum absolute atomic E-state index is 0.548. The number of nitrogens with zero attached hydrogens (tertiary/aromatic N) is 2. The molecule has 2 heterocycles. The van der Waals surface area contributed by atoms with E-state index in [0.29, 0.717) is 17.5 Å². The number of para-hydroxylation sites is 1. The molecule has 0 amide bonds. The lowest BCUT2D eigenvalue weighted by Crippen LogP contribution is -2.32. The summed E-state index contributed by atoms with van der Waals surface area (Å²) in [4.78, 5) is 8.53. The number of halogens is 1. The lowest BCUT2D eigenvalue weighted by molar-refractivity contribution is 0.309. The highest BCUT2D eigenvalue weighted by atomic mass is 35.5. The monoisotopic (exact) mass is 398 g/mol. The van der Waals surface area contributed by atoms with Gasteiger partial charge in [0.1, 0.15) is 12.4 Å². The van der Waals surface area contributed by atoms with Crippen molar-refractivity contribution >= 4 is 28.6 Å². The van der Waals surface area contributed by atoms with Gasteiger partial charge in [-0.05, 0) is 50.1 Å². The zero-order chi connectivity index (χ0) is 18.6. The van der Waals surface area contributed by atoms with Crippen LogP contribution in [-0.4, -0.2) is 18.1 Å². The largest absolute Gasteiger partial charge is 0.488 e. The number of anilines is 1. The smallest absolute Gasteiger partial charge is 0.124 e. The second-order valence-corrected chi connectivity index (χ2v) is 8.46. The summed E-state index contributed by atoms with van der Waals surface area (Å²) < 4.78 is 5.91. The van der Waals surface area contributed by atoms with E-state index in [-0.39, 0.29) is 0 Å². The number of aromatic nitrogens is 1. The molecule has 140 valence electrons. The number of hydrogen-bond acceptors (Lipinski definition) is 4. The molecule has 0 atom stereocenters. The predicted octanol–water partition coefficient (Wildman–Crippen LogP) is 6.07. The highest BCUT2D eigenvalue weighted by Crippen LogP contribution is 2.34. The van der Waals surface area contributed by atoms with Gasteiger partial charge < -0.3 is 9.64 Å². The minimum Gasteiger partial charge on any atom is -0.488 e. The number of rotatable bonds is 5. The second kappa shape index (κ2) is 8.32. The summed E-state index contributed by atoms with van der Waals surface area (Å²) in [5.74, 6) is 1.35. The third-order valence-electron chi connectivity index (χ3n) is 5.04. The average Bonchev–Trinajstić information content (AvgIpc) is 3.08. The number of aryl methyl sites for hydroxylation is 1. The molecular formula is C22H23ClN2OS. The van der Waals surface area contributed by atoms with Crippen molar-refractivity contribution < 1.29 is 4.74 Å². The quantitative estimate of drug-likeness (QED) is 0.521. The number of thiazole rings is 1. The van der Waals surface area contributed by atoms with E-state index in [4.69, 9.17) is 21.3 Å². The fraction of sp³-hybridized carbons (Fsp3) is 0.318. The molecule has 1 aromatic heterocycles. The van der Waals surface area contributed by atoms with E-state index in [1.807, 2.05) is 24.3 Å². The first-order valence-electron chi connectivity index (χ1n) is 9.33. The summed E-state index contributed by atoms with van der Waals surface area (Å²) in [6, 6.07) is 18.2. The van der Waals surface area contributed by atoms with Crippen molar-refractivity contribution in [1.82, 2.24) is 4.98 Å². The van der Waals surface area contributed by atoms with Gasteiger partial charge in [0, 0.05) is 29.7 Å². The van der Waals surface area contributed by atoms with Gasteiger partial charge >= 0.3 is 0 Å². The molecule has 4 rings (SSSR count). The van der Waals surface area contributed by atoms with Crippen LogP contribution in [0.5, 0.6) is 5.75 Å². The van der Waals surface area contributed by atoms with Gasteiger partial charge in [0.05, 0.1) is 15.6 Å². The Morgan fingerprint density at radius 2 is 1.89 bits per heavy atom. The molecule has 27 heavy (non-hydrogen) atoms. The normalized spacial score (nSPS) is 15.1. The number of piperidine rings is 1. The first kappa shape index (κ1) is 18.3. The Bertz CT molecular complexity index is 888. The first-order chi connectivity index (χ1) is 13.2. The van der Waals surface area contributed by atoms with E-state index in [9.17, 15) is 0 Å². The highest BCUT2D eigenvalue weighted by Gasteiger charge is 2.24. The van der Waals surface area contributed by atoms with E-state index in [1.54, 1.807) is 11.3 Å². The molecule has 0 N–H and O–H groups in total. The molecule has 3 nitrogen and oxygen atoms in total. The Morgan fingerprint density at radius 3 is 2.63 bits per heavy atom. The Hall–Kier alpha value is -2.04. The topological polar surface area (TPSA) is 25.4 Å². The van der Waals surface area contributed by atoms with Gasteiger partial charge in [-0.25, -0.2) is 4.98 Å². The second-order valence-electron chi connectivity index (χ2n) is 6.90. The standard InChI is InChI=1S/C22H23ClN2OS/c1-16-21(15-26-20-9-5-6-18(23)14-20)27-22(24-16)17-10-12-25(13-11-17)19-7-3-2-4-8-19/h2-9,14,17H,10-13,15H2,1H3. The van der Waals surface area contributed by atoms with E-state index in [2.05, 4.69) is 42.2 Å². The van der Waals surface area contributed by atoms with E-state index >= 15 is 0 Å². The van der Waals surface area contributed by atoms with E-state index in [0.717, 1.165) is 37.4 Å². The Kier molecular flexibility index (Phi) is 5.65. The highest BCUT2D eigenvalue weighted by molar-refractivity contribution is 7.11. The van der Waals surface area contributed by atoms with Gasteiger partial charge in [-0.15, -0.1) is 11.3 Å². The van der Waals surface area contributed by atoms with Crippen LogP contribution in [0.2, 0.25) is 5.02 Å². The number of benzene rings is 2. The van der Waals surface area contributed by atoms with Crippen molar-refractivity contribution in [3.05, 3.63) is 75.2 Å². The van der Waals surface area contributed by atoms with Crippen LogP contribution in [-0.2, 0) is 6.61 Å². The van der Waals surface area contributed by atoms with Gasteiger partial charge in [0.25, 0.3) is 0 Å². The molecule has 1 saturated heterocycles. The summed E-state index contributed by atoms with van der Waals surface area (Å²) in [6.45, 7) is 4.80. The van der Waals surface area contributed by atoms with Crippen LogP contribution in [0.25, 0.3) is 0 Å². The third kappa shape index (κ3) is 4.45. The van der Waals surface area contributed by atoms with Crippen LogP contribution in [0.3, 0.4) is 0 Å². The van der Waals surface area contributed by atoms with E-state index < -0.39 is 0 Å².